The molecule has 0 saturated carbocycles. The zero-order chi connectivity index (χ0) is 21.6. The van der Waals surface area contributed by atoms with Gasteiger partial charge in [0.15, 0.2) is 0 Å². The summed E-state index contributed by atoms with van der Waals surface area (Å²) in [6.45, 7) is 4.88. The number of rotatable bonds is 6. The van der Waals surface area contributed by atoms with Crippen LogP contribution in [-0.2, 0) is 17.7 Å². The lowest BCUT2D eigenvalue weighted by Gasteiger charge is -2.27. The second-order valence-corrected chi connectivity index (χ2v) is 7.44. The molecule has 0 aliphatic carbocycles. The van der Waals surface area contributed by atoms with Gasteiger partial charge in [-0.05, 0) is 30.2 Å². The minimum absolute atomic E-state index is 0.0515. The van der Waals surface area contributed by atoms with Crippen molar-refractivity contribution in [3.63, 3.8) is 0 Å². The van der Waals surface area contributed by atoms with Gasteiger partial charge in [-0.15, -0.1) is 0 Å². The van der Waals surface area contributed by atoms with Gasteiger partial charge in [0, 0.05) is 24.3 Å². The van der Waals surface area contributed by atoms with E-state index in [-0.39, 0.29) is 11.8 Å². The molecule has 7 nitrogen and oxygen atoms in total. The van der Waals surface area contributed by atoms with Gasteiger partial charge in [-0.2, -0.15) is 5.10 Å². The summed E-state index contributed by atoms with van der Waals surface area (Å²) >= 11 is 0. The molecule has 0 unspecified atom stereocenters. The van der Waals surface area contributed by atoms with Gasteiger partial charge in [-0.25, -0.2) is 0 Å². The van der Waals surface area contributed by atoms with Gasteiger partial charge in [0.1, 0.15) is 0 Å². The number of nitrogens with zero attached hydrogens (tertiary/aromatic N) is 3. The third-order valence-corrected chi connectivity index (χ3v) is 5.37. The fraction of sp³-hybridized carbons (Fsp3) is 0.292. The number of anilines is 1. The van der Waals surface area contributed by atoms with Gasteiger partial charge in [-0.3, -0.25) is 14.3 Å². The van der Waals surface area contributed by atoms with Gasteiger partial charge in [-0.1, -0.05) is 43.3 Å². The number of carbonyl (C=O) groups excluding carboxylic acids is 2. The van der Waals surface area contributed by atoms with E-state index in [0.29, 0.717) is 56.1 Å². The number of amides is 2. The van der Waals surface area contributed by atoms with Crippen LogP contribution in [0.5, 0.6) is 0 Å². The highest BCUT2D eigenvalue weighted by Gasteiger charge is 2.20. The van der Waals surface area contributed by atoms with E-state index in [4.69, 9.17) is 4.74 Å². The van der Waals surface area contributed by atoms with Crippen LogP contribution >= 0.6 is 0 Å². The van der Waals surface area contributed by atoms with E-state index in [1.165, 1.54) is 0 Å². The molecule has 0 bridgehead atoms. The van der Waals surface area contributed by atoms with Gasteiger partial charge in [0.05, 0.1) is 37.2 Å². The number of carbonyl (C=O) groups is 2. The van der Waals surface area contributed by atoms with Gasteiger partial charge in [0.25, 0.3) is 11.8 Å². The molecular formula is C24H26N4O3. The van der Waals surface area contributed by atoms with Crippen molar-refractivity contribution in [1.29, 1.82) is 0 Å². The number of hydrogen-bond acceptors (Lipinski definition) is 4. The Balaban J connectivity index is 1.49. The Morgan fingerprint density at radius 1 is 1.06 bits per heavy atom. The molecule has 1 saturated heterocycles. The van der Waals surface area contributed by atoms with Crippen molar-refractivity contribution in [1.82, 2.24) is 14.7 Å². The molecule has 0 radical (unpaired) electrons. The first-order valence-electron chi connectivity index (χ1n) is 10.5. The number of benzene rings is 2. The van der Waals surface area contributed by atoms with Crippen molar-refractivity contribution in [3.8, 4) is 0 Å². The maximum Gasteiger partial charge on any atom is 0.259 e. The molecule has 2 heterocycles. The third-order valence-electron chi connectivity index (χ3n) is 5.37. The van der Waals surface area contributed by atoms with Crippen molar-refractivity contribution < 1.29 is 14.3 Å². The Morgan fingerprint density at radius 2 is 1.84 bits per heavy atom. The van der Waals surface area contributed by atoms with Crippen molar-refractivity contribution >= 4 is 17.5 Å². The molecule has 2 amide bonds. The van der Waals surface area contributed by atoms with Crippen LogP contribution in [0.4, 0.5) is 5.69 Å². The highest BCUT2D eigenvalue weighted by Crippen LogP contribution is 2.17. The zero-order valence-corrected chi connectivity index (χ0v) is 17.6. The monoisotopic (exact) mass is 418 g/mol. The molecule has 7 heteroatoms. The van der Waals surface area contributed by atoms with E-state index in [9.17, 15) is 9.59 Å². The molecule has 0 spiro atoms. The molecule has 3 aromatic rings. The molecule has 1 aliphatic heterocycles. The van der Waals surface area contributed by atoms with Crippen molar-refractivity contribution in [2.75, 3.05) is 31.6 Å². The van der Waals surface area contributed by atoms with Crippen LogP contribution in [0.1, 0.15) is 38.9 Å². The summed E-state index contributed by atoms with van der Waals surface area (Å²) < 4.78 is 7.18. The molecule has 31 heavy (non-hydrogen) atoms. The SMILES string of the molecule is CCc1c(C(=O)Nc2cccc(C(=O)N3CCOCC3)c2)cnn1Cc1ccccc1. The zero-order valence-electron chi connectivity index (χ0n) is 17.6. The summed E-state index contributed by atoms with van der Waals surface area (Å²) in [6.07, 6.45) is 2.30. The summed E-state index contributed by atoms with van der Waals surface area (Å²) in [5, 5.41) is 7.36. The van der Waals surface area contributed by atoms with E-state index >= 15 is 0 Å². The molecular weight excluding hydrogens is 392 g/mol. The standard InChI is InChI=1S/C24H26N4O3/c1-2-22-21(16-25-28(22)17-18-7-4-3-5-8-18)23(29)26-20-10-6-9-19(15-20)24(30)27-11-13-31-14-12-27/h3-10,15-16H,2,11-14,17H2,1H3,(H,26,29). The third kappa shape index (κ3) is 4.83. The van der Waals surface area contributed by atoms with Crippen LogP contribution in [0, 0.1) is 0 Å². The van der Waals surface area contributed by atoms with Gasteiger partial charge >= 0.3 is 0 Å². The van der Waals surface area contributed by atoms with E-state index in [1.807, 2.05) is 41.9 Å². The molecule has 1 aliphatic rings. The largest absolute Gasteiger partial charge is 0.378 e. The van der Waals surface area contributed by atoms with Crippen molar-refractivity contribution in [2.24, 2.45) is 0 Å². The molecule has 1 aromatic heterocycles. The summed E-state index contributed by atoms with van der Waals surface area (Å²) in [5.41, 5.74) is 3.68. The summed E-state index contributed by atoms with van der Waals surface area (Å²) in [5.74, 6) is -0.281. The fourth-order valence-corrected chi connectivity index (χ4v) is 3.74. The summed E-state index contributed by atoms with van der Waals surface area (Å²) in [4.78, 5) is 27.5. The second kappa shape index (κ2) is 9.57. The van der Waals surface area contributed by atoms with E-state index < -0.39 is 0 Å². The first-order valence-corrected chi connectivity index (χ1v) is 10.5. The molecule has 0 atom stereocenters. The minimum atomic E-state index is -0.230. The van der Waals surface area contributed by atoms with Gasteiger partial charge in [0.2, 0.25) is 0 Å². The van der Waals surface area contributed by atoms with Crippen LogP contribution < -0.4 is 5.32 Å². The fourth-order valence-electron chi connectivity index (χ4n) is 3.74. The van der Waals surface area contributed by atoms with Crippen LogP contribution in [0.25, 0.3) is 0 Å². The average Bonchev–Trinajstić information content (AvgIpc) is 3.22. The van der Waals surface area contributed by atoms with Gasteiger partial charge < -0.3 is 15.0 Å². The maximum atomic E-state index is 13.0. The first kappa shape index (κ1) is 20.8. The maximum absolute atomic E-state index is 13.0. The second-order valence-electron chi connectivity index (χ2n) is 7.44. The lowest BCUT2D eigenvalue weighted by Crippen LogP contribution is -2.40. The molecule has 1 N–H and O–H groups in total. The highest BCUT2D eigenvalue weighted by atomic mass is 16.5. The predicted octanol–water partition coefficient (Wildman–Crippen LogP) is 3.22. The van der Waals surface area contributed by atoms with E-state index in [0.717, 1.165) is 11.3 Å². The number of ether oxygens (including phenoxy) is 1. The smallest absolute Gasteiger partial charge is 0.259 e. The predicted molar refractivity (Wildman–Crippen MR) is 118 cm³/mol. The highest BCUT2D eigenvalue weighted by molar-refractivity contribution is 6.05. The Morgan fingerprint density at radius 3 is 2.58 bits per heavy atom. The van der Waals surface area contributed by atoms with Crippen LogP contribution in [-0.4, -0.2) is 52.8 Å². The average molecular weight is 418 g/mol. The Hall–Kier alpha value is -3.45. The Labute approximate surface area is 181 Å². The first-order chi connectivity index (χ1) is 15.2. The number of aromatic nitrogens is 2. The molecule has 1 fully saturated rings. The molecule has 160 valence electrons. The quantitative estimate of drug-likeness (QED) is 0.667. The van der Waals surface area contributed by atoms with E-state index in [2.05, 4.69) is 10.4 Å². The number of hydrogen-bond donors (Lipinski definition) is 1. The lowest BCUT2D eigenvalue weighted by atomic mass is 10.1. The topological polar surface area (TPSA) is 76.5 Å². The van der Waals surface area contributed by atoms with Crippen LogP contribution in [0.3, 0.4) is 0 Å². The normalized spacial score (nSPS) is 13.8. The van der Waals surface area contributed by atoms with Crippen LogP contribution in [0.15, 0.2) is 60.8 Å². The number of nitrogens with one attached hydrogen (secondary N) is 1. The van der Waals surface area contributed by atoms with Crippen molar-refractivity contribution in [3.05, 3.63) is 83.2 Å². The van der Waals surface area contributed by atoms with Crippen molar-refractivity contribution in [2.45, 2.75) is 19.9 Å². The minimum Gasteiger partial charge on any atom is -0.378 e. The molecule has 2 aromatic carbocycles. The van der Waals surface area contributed by atoms with Crippen LogP contribution in [0.2, 0.25) is 0 Å². The lowest BCUT2D eigenvalue weighted by molar-refractivity contribution is 0.0303. The Kier molecular flexibility index (Phi) is 6.43. The van der Waals surface area contributed by atoms with E-state index in [1.54, 1.807) is 35.4 Å². The Bertz CT molecular complexity index is 1060. The summed E-state index contributed by atoms with van der Waals surface area (Å²) in [7, 11) is 0. The summed E-state index contributed by atoms with van der Waals surface area (Å²) in [6, 6.07) is 17.1. The number of morpholine rings is 1. The molecule has 4 rings (SSSR count).